The van der Waals surface area contributed by atoms with Crippen LogP contribution in [0.25, 0.3) is 0 Å². The van der Waals surface area contributed by atoms with E-state index >= 15 is 0 Å². The zero-order valence-electron chi connectivity index (χ0n) is 9.56. The van der Waals surface area contributed by atoms with E-state index in [0.717, 1.165) is 50.9 Å². The summed E-state index contributed by atoms with van der Waals surface area (Å²) in [6, 6.07) is 0. The molecule has 0 amide bonds. The highest BCUT2D eigenvalue weighted by atomic mass is 16.2. The molecule has 5 heteroatoms. The number of rotatable bonds is 5. The molecule has 0 fully saturated rings. The Morgan fingerprint density at radius 1 is 1.25 bits per heavy atom. The Balaban J connectivity index is 1.99. The Kier molecular flexibility index (Phi) is 3.77. The highest BCUT2D eigenvalue weighted by Gasteiger charge is 2.15. The summed E-state index contributed by atoms with van der Waals surface area (Å²) in [6.45, 7) is 1.73. The van der Waals surface area contributed by atoms with Gasteiger partial charge in [0.1, 0.15) is 5.82 Å². The molecule has 5 nitrogen and oxygen atoms in total. The Morgan fingerprint density at radius 2 is 2.12 bits per heavy atom. The number of hydrogen-bond acceptors (Lipinski definition) is 3. The Bertz CT molecular complexity index is 394. The maximum Gasteiger partial charge on any atom is 0.345 e. The highest BCUT2D eigenvalue weighted by molar-refractivity contribution is 4.91. The third-order valence-corrected chi connectivity index (χ3v) is 3.06. The minimum atomic E-state index is 0.0405. The van der Waals surface area contributed by atoms with Crippen LogP contribution in [0, 0.1) is 0 Å². The van der Waals surface area contributed by atoms with Crippen LogP contribution in [0.3, 0.4) is 0 Å². The van der Waals surface area contributed by atoms with Gasteiger partial charge in [0.15, 0.2) is 0 Å². The second-order valence-corrected chi connectivity index (χ2v) is 4.31. The van der Waals surface area contributed by atoms with Crippen molar-refractivity contribution in [3.63, 3.8) is 0 Å². The zero-order valence-corrected chi connectivity index (χ0v) is 9.56. The summed E-state index contributed by atoms with van der Waals surface area (Å²) in [4.78, 5) is 11.9. The van der Waals surface area contributed by atoms with Gasteiger partial charge in [0.05, 0.1) is 0 Å². The molecule has 0 atom stereocenters. The topological polar surface area (TPSA) is 60.1 Å². The van der Waals surface area contributed by atoms with Gasteiger partial charge < -0.3 is 5.11 Å². The second-order valence-electron chi connectivity index (χ2n) is 4.31. The normalized spacial score (nSPS) is 15.1. The van der Waals surface area contributed by atoms with Crippen molar-refractivity contribution in [2.45, 2.75) is 51.6 Å². The van der Waals surface area contributed by atoms with Crippen molar-refractivity contribution in [3.8, 4) is 0 Å². The molecule has 0 aromatic carbocycles. The van der Waals surface area contributed by atoms with E-state index < -0.39 is 0 Å². The van der Waals surface area contributed by atoms with Crippen LogP contribution in [0.1, 0.15) is 37.9 Å². The monoisotopic (exact) mass is 225 g/mol. The third-order valence-electron chi connectivity index (χ3n) is 3.06. The van der Waals surface area contributed by atoms with E-state index in [9.17, 15) is 4.79 Å². The van der Waals surface area contributed by atoms with Crippen molar-refractivity contribution in [1.29, 1.82) is 0 Å². The Morgan fingerprint density at radius 3 is 2.88 bits per heavy atom. The van der Waals surface area contributed by atoms with Gasteiger partial charge in [0.25, 0.3) is 0 Å². The number of aliphatic hydroxyl groups excluding tert-OH is 1. The van der Waals surface area contributed by atoms with Crippen molar-refractivity contribution in [2.75, 3.05) is 6.61 Å². The van der Waals surface area contributed by atoms with Gasteiger partial charge in [-0.2, -0.15) is 5.10 Å². The fourth-order valence-corrected chi connectivity index (χ4v) is 2.14. The van der Waals surface area contributed by atoms with Crippen LogP contribution in [0.15, 0.2) is 4.79 Å². The maximum absolute atomic E-state index is 11.9. The molecule has 1 N–H and O–H groups in total. The average molecular weight is 225 g/mol. The van der Waals surface area contributed by atoms with Crippen LogP contribution >= 0.6 is 0 Å². The fourth-order valence-electron chi connectivity index (χ4n) is 2.14. The van der Waals surface area contributed by atoms with Crippen LogP contribution in [-0.4, -0.2) is 26.1 Å². The molecule has 2 rings (SSSR count). The minimum Gasteiger partial charge on any atom is -0.396 e. The number of unbranched alkanes of at least 4 members (excludes halogenated alkanes) is 2. The van der Waals surface area contributed by atoms with Gasteiger partial charge in [-0.1, -0.05) is 0 Å². The summed E-state index contributed by atoms with van der Waals surface area (Å²) < 4.78 is 3.38. The quantitative estimate of drug-likeness (QED) is 0.744. The highest BCUT2D eigenvalue weighted by Crippen LogP contribution is 2.09. The van der Waals surface area contributed by atoms with Gasteiger partial charge in [-0.3, -0.25) is 4.57 Å². The average Bonchev–Trinajstić information content (AvgIpc) is 2.63. The lowest BCUT2D eigenvalue weighted by atomic mass is 10.2. The van der Waals surface area contributed by atoms with E-state index in [-0.39, 0.29) is 12.3 Å². The molecule has 1 aromatic rings. The summed E-state index contributed by atoms with van der Waals surface area (Å²) in [6.07, 6.45) is 5.83. The third kappa shape index (κ3) is 2.35. The number of aromatic nitrogens is 3. The molecule has 90 valence electrons. The number of aryl methyl sites for hydroxylation is 2. The van der Waals surface area contributed by atoms with Crippen molar-refractivity contribution < 1.29 is 5.11 Å². The van der Waals surface area contributed by atoms with Crippen molar-refractivity contribution in [1.82, 2.24) is 14.3 Å². The first kappa shape index (κ1) is 11.4. The molecule has 0 unspecified atom stereocenters. The molecule has 0 saturated carbocycles. The van der Waals surface area contributed by atoms with Crippen LogP contribution in [-0.2, 0) is 19.5 Å². The predicted molar refractivity (Wildman–Crippen MR) is 60.4 cm³/mol. The van der Waals surface area contributed by atoms with Crippen molar-refractivity contribution in [2.24, 2.45) is 0 Å². The molecule has 2 heterocycles. The molecule has 0 spiro atoms. The summed E-state index contributed by atoms with van der Waals surface area (Å²) in [5.74, 6) is 0.943. The molecule has 0 aliphatic carbocycles. The van der Waals surface area contributed by atoms with Gasteiger partial charge in [-0.15, -0.1) is 0 Å². The number of aliphatic hydroxyl groups is 1. The molecular weight excluding hydrogens is 206 g/mol. The van der Waals surface area contributed by atoms with Gasteiger partial charge >= 0.3 is 5.69 Å². The molecule has 0 radical (unpaired) electrons. The largest absolute Gasteiger partial charge is 0.396 e. The van der Waals surface area contributed by atoms with E-state index in [1.807, 2.05) is 0 Å². The minimum absolute atomic E-state index is 0.0405. The van der Waals surface area contributed by atoms with E-state index in [1.54, 1.807) is 9.25 Å². The van der Waals surface area contributed by atoms with E-state index in [0.29, 0.717) is 6.54 Å². The lowest BCUT2D eigenvalue weighted by Crippen LogP contribution is -2.27. The van der Waals surface area contributed by atoms with Crippen LogP contribution in [0.5, 0.6) is 0 Å². The summed E-state index contributed by atoms with van der Waals surface area (Å²) in [5, 5.41) is 13.0. The van der Waals surface area contributed by atoms with Gasteiger partial charge in [0.2, 0.25) is 0 Å². The number of hydrogen-bond donors (Lipinski definition) is 1. The molecular formula is C11H19N3O2. The van der Waals surface area contributed by atoms with Crippen molar-refractivity contribution in [3.05, 3.63) is 16.3 Å². The van der Waals surface area contributed by atoms with Gasteiger partial charge in [-0.05, 0) is 32.1 Å². The van der Waals surface area contributed by atoms with E-state index in [1.165, 1.54) is 0 Å². The fraction of sp³-hybridized carbons (Fsp3) is 0.818. The number of fused-ring (bicyclic) bond motifs is 1. The standard InChI is InChI=1S/C11H19N3O2/c15-9-5-1-3-8-14-11(16)13-7-4-2-6-10(13)12-14/h15H,1-9H2. The SMILES string of the molecule is O=c1n(CCCCCO)nc2n1CCCC2. The summed E-state index contributed by atoms with van der Waals surface area (Å²) in [5.41, 5.74) is 0.0405. The molecule has 0 saturated heterocycles. The summed E-state index contributed by atoms with van der Waals surface area (Å²) >= 11 is 0. The maximum atomic E-state index is 11.9. The first-order valence-electron chi connectivity index (χ1n) is 6.10. The first-order chi connectivity index (χ1) is 7.83. The molecule has 0 bridgehead atoms. The van der Waals surface area contributed by atoms with Crippen LogP contribution < -0.4 is 5.69 Å². The van der Waals surface area contributed by atoms with Crippen molar-refractivity contribution >= 4 is 0 Å². The first-order valence-corrected chi connectivity index (χ1v) is 6.10. The van der Waals surface area contributed by atoms with E-state index in [2.05, 4.69) is 5.10 Å². The molecule has 1 aliphatic heterocycles. The molecule has 1 aliphatic rings. The van der Waals surface area contributed by atoms with Gasteiger partial charge in [-0.25, -0.2) is 9.48 Å². The smallest absolute Gasteiger partial charge is 0.345 e. The Hall–Kier alpha value is -1.10. The lowest BCUT2D eigenvalue weighted by Gasteiger charge is -2.09. The molecule has 1 aromatic heterocycles. The van der Waals surface area contributed by atoms with Gasteiger partial charge in [0, 0.05) is 26.1 Å². The molecule has 16 heavy (non-hydrogen) atoms. The lowest BCUT2D eigenvalue weighted by molar-refractivity contribution is 0.281. The zero-order chi connectivity index (χ0) is 11.4. The van der Waals surface area contributed by atoms with Crippen LogP contribution in [0.4, 0.5) is 0 Å². The summed E-state index contributed by atoms with van der Waals surface area (Å²) in [7, 11) is 0. The van der Waals surface area contributed by atoms with Crippen LogP contribution in [0.2, 0.25) is 0 Å². The second kappa shape index (κ2) is 5.30. The van der Waals surface area contributed by atoms with E-state index in [4.69, 9.17) is 5.11 Å². The Labute approximate surface area is 94.7 Å². The predicted octanol–water partition coefficient (Wildman–Crippen LogP) is 0.544. The number of nitrogens with zero attached hydrogens (tertiary/aromatic N) is 3.